The topological polar surface area (TPSA) is 50.9 Å². The molecule has 4 heteroatoms. The number of pyridine rings is 1. The first-order valence-corrected chi connectivity index (χ1v) is 3.37. The predicted octanol–water partition coefficient (Wildman–Crippen LogP) is 0.591. The van der Waals surface area contributed by atoms with Gasteiger partial charge in [-0.15, -0.1) is 0 Å². The van der Waals surface area contributed by atoms with Gasteiger partial charge in [0.2, 0.25) is 0 Å². The number of nitrogens with one attached hydrogen (secondary N) is 1. The van der Waals surface area contributed by atoms with Gasteiger partial charge in [-0.25, -0.2) is 4.39 Å². The van der Waals surface area contributed by atoms with Crippen molar-refractivity contribution in [2.45, 2.75) is 0 Å². The highest BCUT2D eigenvalue weighted by Crippen LogP contribution is 2.05. The van der Waals surface area contributed by atoms with Crippen LogP contribution in [0.5, 0.6) is 0 Å². The zero-order chi connectivity index (χ0) is 8.10. The SMILES string of the molecule is NCCNc1cncc(F)c1. The molecule has 0 aliphatic rings. The lowest BCUT2D eigenvalue weighted by Crippen LogP contribution is -2.13. The summed E-state index contributed by atoms with van der Waals surface area (Å²) in [5.41, 5.74) is 5.90. The molecule has 1 rings (SSSR count). The number of halogens is 1. The predicted molar refractivity (Wildman–Crippen MR) is 41.7 cm³/mol. The molecule has 0 saturated heterocycles. The molecule has 0 aliphatic carbocycles. The minimum atomic E-state index is -0.341. The van der Waals surface area contributed by atoms with Crippen LogP contribution in [0.1, 0.15) is 0 Å². The fourth-order valence-electron chi connectivity index (χ4n) is 0.725. The van der Waals surface area contributed by atoms with Gasteiger partial charge in [0.05, 0.1) is 18.1 Å². The van der Waals surface area contributed by atoms with E-state index in [1.807, 2.05) is 0 Å². The van der Waals surface area contributed by atoms with E-state index >= 15 is 0 Å². The molecule has 0 spiro atoms. The van der Waals surface area contributed by atoms with Gasteiger partial charge in [0.25, 0.3) is 0 Å². The summed E-state index contributed by atoms with van der Waals surface area (Å²) < 4.78 is 12.5. The Morgan fingerprint density at radius 1 is 1.55 bits per heavy atom. The third-order valence-electron chi connectivity index (χ3n) is 1.18. The smallest absolute Gasteiger partial charge is 0.143 e. The van der Waals surface area contributed by atoms with Gasteiger partial charge >= 0.3 is 0 Å². The van der Waals surface area contributed by atoms with Crippen LogP contribution in [0.4, 0.5) is 10.1 Å². The van der Waals surface area contributed by atoms with Crippen molar-refractivity contribution in [3.05, 3.63) is 24.3 Å². The molecule has 0 aliphatic heterocycles. The first-order valence-electron chi connectivity index (χ1n) is 3.37. The van der Waals surface area contributed by atoms with Crippen molar-refractivity contribution >= 4 is 5.69 Å². The third kappa shape index (κ3) is 2.51. The summed E-state index contributed by atoms with van der Waals surface area (Å²) in [6, 6.07) is 1.38. The van der Waals surface area contributed by atoms with Crippen LogP contribution in [0, 0.1) is 5.82 Å². The van der Waals surface area contributed by atoms with Gasteiger partial charge in [0.1, 0.15) is 5.82 Å². The number of aromatic nitrogens is 1. The first kappa shape index (κ1) is 7.94. The molecule has 0 radical (unpaired) electrons. The Kier molecular flexibility index (Phi) is 2.80. The molecular weight excluding hydrogens is 145 g/mol. The molecule has 1 aromatic rings. The molecule has 1 aromatic heterocycles. The number of hydrogen-bond acceptors (Lipinski definition) is 3. The molecule has 1 heterocycles. The van der Waals surface area contributed by atoms with Crippen LogP contribution in [0.25, 0.3) is 0 Å². The van der Waals surface area contributed by atoms with Crippen LogP contribution >= 0.6 is 0 Å². The summed E-state index contributed by atoms with van der Waals surface area (Å²) in [7, 11) is 0. The highest BCUT2D eigenvalue weighted by Gasteiger charge is 1.92. The van der Waals surface area contributed by atoms with Crippen molar-refractivity contribution in [3.8, 4) is 0 Å². The Labute approximate surface area is 64.4 Å². The lowest BCUT2D eigenvalue weighted by Gasteiger charge is -2.02. The molecule has 60 valence electrons. The van der Waals surface area contributed by atoms with Gasteiger partial charge in [-0.3, -0.25) is 4.98 Å². The summed E-state index contributed by atoms with van der Waals surface area (Å²) >= 11 is 0. The van der Waals surface area contributed by atoms with E-state index in [0.717, 1.165) is 6.20 Å². The second-order valence-electron chi connectivity index (χ2n) is 2.11. The largest absolute Gasteiger partial charge is 0.382 e. The third-order valence-corrected chi connectivity index (χ3v) is 1.18. The number of hydrogen-bond donors (Lipinski definition) is 2. The minimum Gasteiger partial charge on any atom is -0.382 e. The molecule has 0 fully saturated rings. The molecule has 0 amide bonds. The Morgan fingerprint density at radius 3 is 3.00 bits per heavy atom. The maximum absolute atomic E-state index is 12.5. The summed E-state index contributed by atoms with van der Waals surface area (Å²) in [4.78, 5) is 3.66. The fraction of sp³-hybridized carbons (Fsp3) is 0.286. The highest BCUT2D eigenvalue weighted by molar-refractivity contribution is 5.39. The van der Waals surface area contributed by atoms with Crippen LogP contribution in [0.3, 0.4) is 0 Å². The second-order valence-corrected chi connectivity index (χ2v) is 2.11. The van der Waals surface area contributed by atoms with Gasteiger partial charge < -0.3 is 11.1 Å². The van der Waals surface area contributed by atoms with E-state index in [2.05, 4.69) is 10.3 Å². The molecule has 0 aromatic carbocycles. The van der Waals surface area contributed by atoms with Gasteiger partial charge in [0, 0.05) is 19.2 Å². The van der Waals surface area contributed by atoms with E-state index < -0.39 is 0 Å². The van der Waals surface area contributed by atoms with Crippen LogP contribution in [-0.2, 0) is 0 Å². The first-order chi connectivity index (χ1) is 5.33. The monoisotopic (exact) mass is 155 g/mol. The lowest BCUT2D eigenvalue weighted by atomic mass is 10.4. The normalized spacial score (nSPS) is 9.64. The standard InChI is InChI=1S/C7H10FN3/c8-6-3-7(5-10-4-6)11-2-1-9/h3-5,11H,1-2,9H2. The Balaban J connectivity index is 2.56. The van der Waals surface area contributed by atoms with Crippen molar-refractivity contribution < 1.29 is 4.39 Å². The van der Waals surface area contributed by atoms with E-state index in [9.17, 15) is 4.39 Å². The van der Waals surface area contributed by atoms with Gasteiger partial charge in [-0.1, -0.05) is 0 Å². The van der Waals surface area contributed by atoms with Gasteiger partial charge in [-0.2, -0.15) is 0 Å². The van der Waals surface area contributed by atoms with Crippen LogP contribution in [0.2, 0.25) is 0 Å². The highest BCUT2D eigenvalue weighted by atomic mass is 19.1. The zero-order valence-corrected chi connectivity index (χ0v) is 6.05. The van der Waals surface area contributed by atoms with Crippen LogP contribution in [0.15, 0.2) is 18.5 Å². The zero-order valence-electron chi connectivity index (χ0n) is 6.05. The summed E-state index contributed by atoms with van der Waals surface area (Å²) in [5.74, 6) is -0.341. The molecule has 0 saturated carbocycles. The minimum absolute atomic E-state index is 0.341. The van der Waals surface area contributed by atoms with E-state index in [4.69, 9.17) is 5.73 Å². The Morgan fingerprint density at radius 2 is 2.36 bits per heavy atom. The summed E-state index contributed by atoms with van der Waals surface area (Å²) in [5, 5.41) is 2.91. The molecule has 0 bridgehead atoms. The van der Waals surface area contributed by atoms with Crippen LogP contribution < -0.4 is 11.1 Å². The van der Waals surface area contributed by atoms with Gasteiger partial charge in [0.15, 0.2) is 0 Å². The fourth-order valence-corrected chi connectivity index (χ4v) is 0.725. The number of nitrogens with two attached hydrogens (primary N) is 1. The lowest BCUT2D eigenvalue weighted by molar-refractivity contribution is 0.622. The average Bonchev–Trinajstić information content (AvgIpc) is 2.01. The van der Waals surface area contributed by atoms with E-state index in [1.54, 1.807) is 6.20 Å². The van der Waals surface area contributed by atoms with Crippen molar-refractivity contribution in [2.24, 2.45) is 5.73 Å². The maximum atomic E-state index is 12.5. The molecule has 0 unspecified atom stereocenters. The molecule has 3 N–H and O–H groups in total. The van der Waals surface area contributed by atoms with Crippen molar-refractivity contribution in [1.82, 2.24) is 4.98 Å². The number of rotatable bonds is 3. The molecule has 0 atom stereocenters. The summed E-state index contributed by atoms with van der Waals surface area (Å²) in [6.45, 7) is 1.15. The van der Waals surface area contributed by atoms with Crippen molar-refractivity contribution in [1.29, 1.82) is 0 Å². The maximum Gasteiger partial charge on any atom is 0.143 e. The molecule has 11 heavy (non-hydrogen) atoms. The quantitative estimate of drug-likeness (QED) is 0.671. The van der Waals surface area contributed by atoms with Crippen LogP contribution in [-0.4, -0.2) is 18.1 Å². The summed E-state index contributed by atoms with van der Waals surface area (Å²) in [6.07, 6.45) is 2.71. The van der Waals surface area contributed by atoms with Crippen molar-refractivity contribution in [3.63, 3.8) is 0 Å². The van der Waals surface area contributed by atoms with E-state index in [1.165, 1.54) is 6.07 Å². The van der Waals surface area contributed by atoms with Crippen molar-refractivity contribution in [2.75, 3.05) is 18.4 Å². The second kappa shape index (κ2) is 3.88. The van der Waals surface area contributed by atoms with E-state index in [-0.39, 0.29) is 5.82 Å². The average molecular weight is 155 g/mol. The Hall–Kier alpha value is -1.16. The molecular formula is C7H10FN3. The Bertz CT molecular complexity index is 227. The number of anilines is 1. The number of nitrogens with zero attached hydrogens (tertiary/aromatic N) is 1. The van der Waals surface area contributed by atoms with Gasteiger partial charge in [-0.05, 0) is 0 Å². The van der Waals surface area contributed by atoms with E-state index in [0.29, 0.717) is 18.8 Å². The molecule has 3 nitrogen and oxygen atoms in total.